The van der Waals surface area contributed by atoms with Gasteiger partial charge < -0.3 is 16.2 Å². The Morgan fingerprint density at radius 1 is 1.15 bits per heavy atom. The smallest absolute Gasteiger partial charge is 0.423 e. The van der Waals surface area contributed by atoms with Crippen molar-refractivity contribution in [1.29, 1.82) is 0 Å². The summed E-state index contributed by atoms with van der Waals surface area (Å²) in [6, 6.07) is 14.4. The van der Waals surface area contributed by atoms with Gasteiger partial charge in [0.05, 0.1) is 6.20 Å². The van der Waals surface area contributed by atoms with Crippen LogP contribution in [0.5, 0.6) is 0 Å². The molecule has 2 heterocycles. The maximum absolute atomic E-state index is 5.77. The number of hydrogen-bond acceptors (Lipinski definition) is 5. The van der Waals surface area contributed by atoms with Gasteiger partial charge in [0.2, 0.25) is 0 Å². The summed E-state index contributed by atoms with van der Waals surface area (Å²) in [4.78, 5) is 10.9. The number of anilines is 2. The Labute approximate surface area is 167 Å². The number of rotatable bonds is 8. The minimum atomic E-state index is 0. The number of unbranched alkanes of at least 4 members (excludes halogenated alkanes) is 1. The van der Waals surface area contributed by atoms with Gasteiger partial charge in [-0.25, -0.2) is 9.97 Å². The summed E-state index contributed by atoms with van der Waals surface area (Å²) in [5.41, 5.74) is 2.19. The fourth-order valence-electron chi connectivity index (χ4n) is 2.59. The minimum absolute atomic E-state index is 0. The number of nitrogens with one attached hydrogen (secondary N) is 1. The number of pyridine rings is 1. The molecule has 1 N–H and O–H groups in total. The molecule has 0 aliphatic rings. The van der Waals surface area contributed by atoms with Crippen molar-refractivity contribution in [2.24, 2.45) is 0 Å². The quantitative estimate of drug-likeness (QED) is 0.497. The second-order valence-corrected chi connectivity index (χ2v) is 6.01. The molecule has 0 spiro atoms. The Kier molecular flexibility index (Phi) is 7.93. The van der Waals surface area contributed by atoms with Gasteiger partial charge in [0, 0.05) is 18.3 Å². The first-order valence-corrected chi connectivity index (χ1v) is 8.45. The van der Waals surface area contributed by atoms with Crippen LogP contribution in [0.25, 0.3) is 11.3 Å². The molecule has 0 unspecified atom stereocenters. The average Bonchev–Trinajstić information content (AvgIpc) is 3.09. The maximum Gasteiger partial charge on any atom is 1.00 e. The van der Waals surface area contributed by atoms with Crippen LogP contribution in [0.15, 0.2) is 59.3 Å². The van der Waals surface area contributed by atoms with Gasteiger partial charge in [-0.05, 0) is 31.3 Å². The summed E-state index contributed by atoms with van der Waals surface area (Å²) in [5.74, 6) is 1.46. The van der Waals surface area contributed by atoms with E-state index in [0.717, 1.165) is 43.1 Å². The standard InChI is InChI=1S/C20H23N4O.Li/c1-3-4-12-24(2)15-16-10-11-21-19(13-16)23-20-22-14-18(25-20)17-8-6-5-7-9-17;/h5-11,13-14H,1,3-4,12,15H2,2H3,(H,21,22,23);/q-1;+1. The fourth-order valence-corrected chi connectivity index (χ4v) is 2.59. The van der Waals surface area contributed by atoms with Gasteiger partial charge in [0.1, 0.15) is 5.82 Å². The molecule has 5 nitrogen and oxygen atoms in total. The summed E-state index contributed by atoms with van der Waals surface area (Å²) in [6.45, 7) is 5.79. The normalized spacial score (nSPS) is 10.6. The Morgan fingerprint density at radius 3 is 2.73 bits per heavy atom. The van der Waals surface area contributed by atoms with Crippen molar-refractivity contribution in [3.05, 3.63) is 67.3 Å². The van der Waals surface area contributed by atoms with Crippen molar-refractivity contribution in [2.75, 3.05) is 18.9 Å². The molecule has 0 fully saturated rings. The molecule has 0 aliphatic carbocycles. The van der Waals surface area contributed by atoms with Gasteiger partial charge in [-0.15, -0.1) is 0 Å². The van der Waals surface area contributed by atoms with Crippen LogP contribution in [0.4, 0.5) is 11.8 Å². The second kappa shape index (κ2) is 10.2. The Hall–Kier alpha value is -2.06. The van der Waals surface area contributed by atoms with E-state index in [1.54, 1.807) is 12.4 Å². The summed E-state index contributed by atoms with van der Waals surface area (Å²) in [5, 5.41) is 3.13. The fraction of sp³-hybridized carbons (Fsp3) is 0.250. The van der Waals surface area contributed by atoms with E-state index in [1.807, 2.05) is 42.5 Å². The third kappa shape index (κ3) is 5.74. The Morgan fingerprint density at radius 2 is 1.96 bits per heavy atom. The van der Waals surface area contributed by atoms with E-state index in [2.05, 4.69) is 34.2 Å². The van der Waals surface area contributed by atoms with Gasteiger partial charge >= 0.3 is 24.9 Å². The summed E-state index contributed by atoms with van der Waals surface area (Å²) >= 11 is 0. The van der Waals surface area contributed by atoms with Gasteiger partial charge in [-0.3, -0.25) is 5.32 Å². The largest absolute Gasteiger partial charge is 1.00 e. The van der Waals surface area contributed by atoms with Crippen molar-refractivity contribution < 1.29 is 23.3 Å². The van der Waals surface area contributed by atoms with E-state index in [-0.39, 0.29) is 18.9 Å². The van der Waals surface area contributed by atoms with Crippen LogP contribution in [0.2, 0.25) is 0 Å². The van der Waals surface area contributed by atoms with Crippen LogP contribution in [0, 0.1) is 6.92 Å². The first kappa shape index (κ1) is 20.3. The van der Waals surface area contributed by atoms with Gasteiger partial charge in [-0.2, -0.15) is 6.42 Å². The SMILES string of the molecule is [CH2-]CCCN(C)Cc1ccnc(Nc2ncc(-c3ccccc3)o2)c1.[Li+]. The summed E-state index contributed by atoms with van der Waals surface area (Å²) in [6.07, 6.45) is 5.58. The van der Waals surface area contributed by atoms with Crippen molar-refractivity contribution in [3.63, 3.8) is 0 Å². The van der Waals surface area contributed by atoms with E-state index < -0.39 is 0 Å². The van der Waals surface area contributed by atoms with E-state index in [1.165, 1.54) is 5.56 Å². The molecule has 26 heavy (non-hydrogen) atoms. The van der Waals surface area contributed by atoms with Crippen LogP contribution in [-0.2, 0) is 6.54 Å². The molecule has 3 rings (SSSR count). The van der Waals surface area contributed by atoms with Gasteiger partial charge in [-0.1, -0.05) is 36.8 Å². The number of aromatic nitrogens is 2. The van der Waals surface area contributed by atoms with Gasteiger partial charge in [0.25, 0.3) is 0 Å². The Balaban J connectivity index is 0.00000243. The number of benzene rings is 1. The van der Waals surface area contributed by atoms with E-state index in [0.29, 0.717) is 6.01 Å². The summed E-state index contributed by atoms with van der Waals surface area (Å²) < 4.78 is 5.77. The molecule has 130 valence electrons. The van der Waals surface area contributed by atoms with Crippen LogP contribution < -0.4 is 24.2 Å². The molecule has 0 radical (unpaired) electrons. The maximum atomic E-state index is 5.77. The number of hydrogen-bond donors (Lipinski definition) is 1. The topological polar surface area (TPSA) is 54.2 Å². The van der Waals surface area contributed by atoms with Crippen LogP contribution in [0.3, 0.4) is 0 Å². The Bertz CT molecular complexity index is 791. The van der Waals surface area contributed by atoms with Crippen LogP contribution in [0.1, 0.15) is 18.4 Å². The zero-order chi connectivity index (χ0) is 17.5. The van der Waals surface area contributed by atoms with Crippen molar-refractivity contribution in [3.8, 4) is 11.3 Å². The molecular formula is C20H23LiN4O. The second-order valence-electron chi connectivity index (χ2n) is 6.01. The molecule has 0 saturated heterocycles. The average molecular weight is 342 g/mol. The molecule has 0 saturated carbocycles. The van der Waals surface area contributed by atoms with Gasteiger partial charge in [0.15, 0.2) is 5.76 Å². The number of oxazole rings is 1. The van der Waals surface area contributed by atoms with Crippen LogP contribution in [-0.4, -0.2) is 28.5 Å². The summed E-state index contributed by atoms with van der Waals surface area (Å²) in [7, 11) is 2.11. The van der Waals surface area contributed by atoms with Crippen LogP contribution >= 0.6 is 0 Å². The van der Waals surface area contributed by atoms with E-state index in [4.69, 9.17) is 4.42 Å². The first-order chi connectivity index (χ1) is 12.2. The minimum Gasteiger partial charge on any atom is -0.423 e. The van der Waals surface area contributed by atoms with Crippen molar-refractivity contribution in [1.82, 2.24) is 14.9 Å². The molecule has 6 heteroatoms. The molecule has 0 amide bonds. The first-order valence-electron chi connectivity index (χ1n) is 8.45. The molecule has 0 atom stereocenters. The molecule has 1 aromatic carbocycles. The predicted octanol–water partition coefficient (Wildman–Crippen LogP) is 1.53. The van der Waals surface area contributed by atoms with Crippen molar-refractivity contribution >= 4 is 11.8 Å². The van der Waals surface area contributed by atoms with E-state index in [9.17, 15) is 0 Å². The molecule has 3 aromatic rings. The third-order valence-electron chi connectivity index (χ3n) is 3.87. The molecule has 2 aromatic heterocycles. The number of nitrogens with zero attached hydrogens (tertiary/aromatic N) is 3. The molecule has 0 aliphatic heterocycles. The third-order valence-corrected chi connectivity index (χ3v) is 3.87. The van der Waals surface area contributed by atoms with E-state index >= 15 is 0 Å². The zero-order valence-corrected chi connectivity index (χ0v) is 15.5. The zero-order valence-electron chi connectivity index (χ0n) is 15.5. The van der Waals surface area contributed by atoms with Crippen molar-refractivity contribution in [2.45, 2.75) is 19.4 Å². The molecule has 0 bridgehead atoms. The monoisotopic (exact) mass is 342 g/mol. The predicted molar refractivity (Wildman–Crippen MR) is 100 cm³/mol. The molecular weight excluding hydrogens is 319 g/mol.